The minimum Gasteiger partial charge on any atom is -0.302 e. The Kier molecular flexibility index (Phi) is 5.44. The normalized spacial score (nSPS) is 30.2. The first-order valence-electron chi connectivity index (χ1n) is 8.06. The lowest BCUT2D eigenvalue weighted by atomic mass is 9.74. The molecule has 0 N–H and O–H groups in total. The Labute approximate surface area is 119 Å². The van der Waals surface area contributed by atoms with Crippen molar-refractivity contribution in [3.8, 4) is 0 Å². The molecular weight excluding hydrogens is 238 g/mol. The molecule has 2 aliphatic rings. The van der Waals surface area contributed by atoms with E-state index < -0.39 is 0 Å². The summed E-state index contributed by atoms with van der Waals surface area (Å²) in [5, 5.41) is 0. The van der Waals surface area contributed by atoms with Gasteiger partial charge in [0.05, 0.1) is 0 Å². The summed E-state index contributed by atoms with van der Waals surface area (Å²) < 4.78 is 0. The molecule has 2 rings (SSSR count). The molecule has 0 radical (unpaired) electrons. The van der Waals surface area contributed by atoms with Crippen molar-refractivity contribution in [3.63, 3.8) is 0 Å². The molecule has 0 aromatic rings. The first-order valence-corrected chi connectivity index (χ1v) is 8.69. The van der Waals surface area contributed by atoms with Gasteiger partial charge in [0, 0.05) is 13.1 Å². The fraction of sp³-hybridized carbons (Fsp3) is 1.00. The lowest BCUT2D eigenvalue weighted by Gasteiger charge is -2.45. The number of likely N-dealkylation sites (tertiary alicyclic amines) is 1. The van der Waals surface area contributed by atoms with Crippen LogP contribution in [0.15, 0.2) is 0 Å². The Morgan fingerprint density at radius 1 is 1.06 bits per heavy atom. The third-order valence-corrected chi connectivity index (χ3v) is 6.44. The van der Waals surface area contributed by atoms with E-state index in [1.54, 1.807) is 0 Å². The van der Waals surface area contributed by atoms with E-state index in [0.29, 0.717) is 5.41 Å². The van der Waals surface area contributed by atoms with Gasteiger partial charge in [-0.1, -0.05) is 33.1 Å². The molecule has 2 heteroatoms. The maximum atomic E-state index is 4.63. The average molecular weight is 269 g/mol. The Bertz CT molecular complexity index is 241. The molecule has 1 saturated carbocycles. The highest BCUT2D eigenvalue weighted by Crippen LogP contribution is 2.38. The summed E-state index contributed by atoms with van der Waals surface area (Å²) in [6.07, 6.45) is 9.99. The number of piperidine rings is 1. The number of thiol groups is 1. The molecule has 1 nitrogen and oxygen atoms in total. The molecule has 0 aromatic heterocycles. The Morgan fingerprint density at radius 2 is 1.72 bits per heavy atom. The van der Waals surface area contributed by atoms with Crippen molar-refractivity contribution in [3.05, 3.63) is 0 Å². The molecule has 18 heavy (non-hydrogen) atoms. The van der Waals surface area contributed by atoms with Gasteiger partial charge in [0.2, 0.25) is 0 Å². The lowest BCUT2D eigenvalue weighted by molar-refractivity contribution is 0.0550. The maximum absolute atomic E-state index is 4.63. The fourth-order valence-corrected chi connectivity index (χ4v) is 4.59. The zero-order valence-electron chi connectivity index (χ0n) is 12.3. The van der Waals surface area contributed by atoms with E-state index in [1.807, 2.05) is 0 Å². The van der Waals surface area contributed by atoms with Crippen molar-refractivity contribution in [2.45, 2.75) is 58.8 Å². The molecule has 1 aliphatic carbocycles. The van der Waals surface area contributed by atoms with E-state index in [4.69, 9.17) is 0 Å². The largest absolute Gasteiger partial charge is 0.302 e. The molecule has 2 fully saturated rings. The highest BCUT2D eigenvalue weighted by Gasteiger charge is 2.34. The molecule has 106 valence electrons. The van der Waals surface area contributed by atoms with Crippen LogP contribution in [-0.2, 0) is 0 Å². The number of hydrogen-bond donors (Lipinski definition) is 1. The smallest absolute Gasteiger partial charge is 0.00457 e. The molecular formula is C16H31NS. The first-order chi connectivity index (χ1) is 8.73. The molecule has 2 atom stereocenters. The predicted molar refractivity (Wildman–Crippen MR) is 83.4 cm³/mol. The minimum absolute atomic E-state index is 0.463. The van der Waals surface area contributed by atoms with E-state index in [1.165, 1.54) is 64.6 Å². The average Bonchev–Trinajstić information content (AvgIpc) is 2.45. The van der Waals surface area contributed by atoms with Gasteiger partial charge in [0.25, 0.3) is 0 Å². The Morgan fingerprint density at radius 3 is 2.33 bits per heavy atom. The van der Waals surface area contributed by atoms with Crippen LogP contribution in [0.3, 0.4) is 0 Å². The van der Waals surface area contributed by atoms with Gasteiger partial charge in [-0.15, -0.1) is 0 Å². The highest BCUT2D eigenvalue weighted by molar-refractivity contribution is 7.80. The van der Waals surface area contributed by atoms with E-state index in [0.717, 1.165) is 17.6 Å². The topological polar surface area (TPSA) is 3.24 Å². The van der Waals surface area contributed by atoms with Crippen LogP contribution in [0.25, 0.3) is 0 Å². The van der Waals surface area contributed by atoms with Crippen molar-refractivity contribution < 1.29 is 0 Å². The summed E-state index contributed by atoms with van der Waals surface area (Å²) in [5.41, 5.74) is 0.463. The summed E-state index contributed by atoms with van der Waals surface area (Å²) in [6, 6.07) is 0. The van der Waals surface area contributed by atoms with Crippen LogP contribution < -0.4 is 0 Å². The summed E-state index contributed by atoms with van der Waals surface area (Å²) in [6.45, 7) is 8.68. The second-order valence-electron chi connectivity index (χ2n) is 6.69. The van der Waals surface area contributed by atoms with Crippen molar-refractivity contribution in [2.24, 2.45) is 17.3 Å². The SMILES string of the molecule is CCC(CC)(CS)CN1CCC2CCCCC2C1. The Balaban J connectivity index is 1.90. The second kappa shape index (κ2) is 6.65. The number of nitrogens with zero attached hydrogens (tertiary/aromatic N) is 1. The van der Waals surface area contributed by atoms with Crippen molar-refractivity contribution in [1.29, 1.82) is 0 Å². The molecule has 0 bridgehead atoms. The van der Waals surface area contributed by atoms with Gasteiger partial charge in [-0.25, -0.2) is 0 Å². The molecule has 0 spiro atoms. The molecule has 1 heterocycles. The van der Waals surface area contributed by atoms with E-state index >= 15 is 0 Å². The maximum Gasteiger partial charge on any atom is 0.00457 e. The molecule has 0 amide bonds. The zero-order valence-corrected chi connectivity index (χ0v) is 13.2. The van der Waals surface area contributed by atoms with Gasteiger partial charge in [-0.2, -0.15) is 12.6 Å². The van der Waals surface area contributed by atoms with Crippen LogP contribution in [0.2, 0.25) is 0 Å². The van der Waals surface area contributed by atoms with Gasteiger partial charge in [-0.3, -0.25) is 0 Å². The third-order valence-electron chi connectivity index (χ3n) is 5.77. The van der Waals surface area contributed by atoms with Crippen LogP contribution in [0, 0.1) is 17.3 Å². The number of hydrogen-bond acceptors (Lipinski definition) is 2. The van der Waals surface area contributed by atoms with Crippen molar-refractivity contribution in [1.82, 2.24) is 4.90 Å². The van der Waals surface area contributed by atoms with Gasteiger partial charge in [0.15, 0.2) is 0 Å². The second-order valence-corrected chi connectivity index (χ2v) is 7.01. The minimum atomic E-state index is 0.463. The summed E-state index contributed by atoms with van der Waals surface area (Å²) >= 11 is 4.63. The summed E-state index contributed by atoms with van der Waals surface area (Å²) in [4.78, 5) is 2.76. The van der Waals surface area contributed by atoms with Gasteiger partial charge in [-0.05, 0) is 55.2 Å². The zero-order chi connectivity index (χ0) is 13.0. The number of fused-ring (bicyclic) bond motifs is 1. The van der Waals surface area contributed by atoms with Crippen LogP contribution in [-0.4, -0.2) is 30.3 Å². The Hall–Kier alpha value is 0.310. The highest BCUT2D eigenvalue weighted by atomic mass is 32.1. The van der Waals surface area contributed by atoms with Crippen LogP contribution >= 0.6 is 12.6 Å². The van der Waals surface area contributed by atoms with Crippen LogP contribution in [0.1, 0.15) is 58.8 Å². The van der Waals surface area contributed by atoms with E-state index in [-0.39, 0.29) is 0 Å². The van der Waals surface area contributed by atoms with Crippen molar-refractivity contribution in [2.75, 3.05) is 25.4 Å². The van der Waals surface area contributed by atoms with Gasteiger partial charge in [0.1, 0.15) is 0 Å². The fourth-order valence-electron chi connectivity index (χ4n) is 4.04. The monoisotopic (exact) mass is 269 g/mol. The third kappa shape index (κ3) is 3.25. The van der Waals surface area contributed by atoms with Crippen molar-refractivity contribution >= 4 is 12.6 Å². The number of rotatable bonds is 5. The summed E-state index contributed by atoms with van der Waals surface area (Å²) in [7, 11) is 0. The molecule has 1 saturated heterocycles. The summed E-state index contributed by atoms with van der Waals surface area (Å²) in [5.74, 6) is 3.12. The molecule has 0 aromatic carbocycles. The predicted octanol–water partition coefficient (Wildman–Crippen LogP) is 4.23. The van der Waals surface area contributed by atoms with E-state index in [9.17, 15) is 0 Å². The van der Waals surface area contributed by atoms with Crippen LogP contribution in [0.4, 0.5) is 0 Å². The van der Waals surface area contributed by atoms with Crippen LogP contribution in [0.5, 0.6) is 0 Å². The van der Waals surface area contributed by atoms with Gasteiger partial charge < -0.3 is 4.90 Å². The lowest BCUT2D eigenvalue weighted by Crippen LogP contribution is -2.47. The standard InChI is InChI=1S/C16H31NS/c1-3-16(4-2,13-18)12-17-10-9-14-7-5-6-8-15(14)11-17/h14-15,18H,3-13H2,1-2H3. The van der Waals surface area contributed by atoms with Gasteiger partial charge >= 0.3 is 0 Å². The molecule has 1 aliphatic heterocycles. The molecule has 2 unspecified atom stereocenters. The quantitative estimate of drug-likeness (QED) is 0.731. The first kappa shape index (κ1) is 14.7. The van der Waals surface area contributed by atoms with E-state index in [2.05, 4.69) is 31.4 Å².